The number of anilines is 1. The fourth-order valence-electron chi connectivity index (χ4n) is 2.51. The molecule has 0 bridgehead atoms. The van der Waals surface area contributed by atoms with Gasteiger partial charge in [-0.3, -0.25) is 9.78 Å². The van der Waals surface area contributed by atoms with Gasteiger partial charge in [0.25, 0.3) is 0 Å². The molecule has 4 heteroatoms. The van der Waals surface area contributed by atoms with Crippen LogP contribution in [0, 0.1) is 0 Å². The number of nitrogens with one attached hydrogen (secondary N) is 1. The number of unbranched alkanes of at least 4 members (excludes halogenated alkanes) is 5. The molecular weight excluding hydrogens is 276 g/mol. The van der Waals surface area contributed by atoms with Crippen molar-refractivity contribution in [2.24, 2.45) is 0 Å². The molecule has 0 aliphatic heterocycles. The van der Waals surface area contributed by atoms with Gasteiger partial charge in [-0.2, -0.15) is 0 Å². The largest absolute Gasteiger partial charge is 0.504 e. The number of pyridine rings is 1. The van der Waals surface area contributed by atoms with E-state index < -0.39 is 0 Å². The number of benzene rings is 1. The second kappa shape index (κ2) is 8.37. The summed E-state index contributed by atoms with van der Waals surface area (Å²) in [6.07, 6.45) is 9.03. The maximum Gasteiger partial charge on any atom is 0.224 e. The van der Waals surface area contributed by atoms with E-state index in [4.69, 9.17) is 0 Å². The highest BCUT2D eigenvalue weighted by Gasteiger charge is 2.10. The summed E-state index contributed by atoms with van der Waals surface area (Å²) in [6.45, 7) is 2.19. The number of rotatable bonds is 8. The first-order valence-electron chi connectivity index (χ1n) is 8.09. The fourth-order valence-corrected chi connectivity index (χ4v) is 2.51. The summed E-state index contributed by atoms with van der Waals surface area (Å²) < 4.78 is 0. The minimum Gasteiger partial charge on any atom is -0.504 e. The Labute approximate surface area is 131 Å². The van der Waals surface area contributed by atoms with Crippen molar-refractivity contribution >= 4 is 22.5 Å². The number of fused-ring (bicyclic) bond motifs is 1. The van der Waals surface area contributed by atoms with Crippen molar-refractivity contribution in [1.29, 1.82) is 0 Å². The van der Waals surface area contributed by atoms with Gasteiger partial charge in [-0.15, -0.1) is 0 Å². The molecule has 4 nitrogen and oxygen atoms in total. The molecule has 1 heterocycles. The van der Waals surface area contributed by atoms with Gasteiger partial charge in [-0.1, -0.05) is 51.2 Å². The summed E-state index contributed by atoms with van der Waals surface area (Å²) in [4.78, 5) is 16.1. The molecule has 118 valence electrons. The lowest BCUT2D eigenvalue weighted by Crippen LogP contribution is -2.11. The molecule has 2 aromatic rings. The number of phenolic OH excluding ortho intramolecular Hbond substituents is 1. The molecule has 0 fully saturated rings. The van der Waals surface area contributed by atoms with Crippen LogP contribution in [0.25, 0.3) is 10.9 Å². The highest BCUT2D eigenvalue weighted by atomic mass is 16.3. The lowest BCUT2D eigenvalue weighted by atomic mass is 10.1. The quantitative estimate of drug-likeness (QED) is 0.552. The smallest absolute Gasteiger partial charge is 0.224 e. The van der Waals surface area contributed by atoms with Gasteiger partial charge in [0.1, 0.15) is 5.52 Å². The van der Waals surface area contributed by atoms with E-state index in [9.17, 15) is 9.90 Å². The van der Waals surface area contributed by atoms with Gasteiger partial charge in [0.2, 0.25) is 5.91 Å². The minimum atomic E-state index is -0.0546. The van der Waals surface area contributed by atoms with E-state index in [1.54, 1.807) is 12.3 Å². The molecule has 0 atom stereocenters. The Kier molecular flexibility index (Phi) is 6.19. The molecule has 1 aromatic carbocycles. The van der Waals surface area contributed by atoms with E-state index in [1.165, 1.54) is 25.7 Å². The van der Waals surface area contributed by atoms with E-state index in [0.29, 0.717) is 17.6 Å². The molecule has 1 aromatic heterocycles. The Bertz CT molecular complexity index is 626. The van der Waals surface area contributed by atoms with Crippen LogP contribution in [0.1, 0.15) is 51.9 Å². The summed E-state index contributed by atoms with van der Waals surface area (Å²) in [5.74, 6) is -0.0181. The molecule has 0 unspecified atom stereocenters. The van der Waals surface area contributed by atoms with E-state index in [2.05, 4.69) is 17.2 Å². The topological polar surface area (TPSA) is 62.2 Å². The van der Waals surface area contributed by atoms with E-state index in [0.717, 1.165) is 18.2 Å². The zero-order valence-corrected chi connectivity index (χ0v) is 13.1. The first kappa shape index (κ1) is 16.3. The number of hydrogen-bond acceptors (Lipinski definition) is 3. The van der Waals surface area contributed by atoms with Gasteiger partial charge in [-0.25, -0.2) is 0 Å². The third-order valence-corrected chi connectivity index (χ3v) is 3.78. The summed E-state index contributed by atoms with van der Waals surface area (Å²) in [5, 5.41) is 13.8. The Morgan fingerprint density at radius 3 is 2.73 bits per heavy atom. The molecule has 0 aliphatic rings. The number of carbonyl (C=O) groups excluding carboxylic acids is 1. The normalized spacial score (nSPS) is 10.8. The summed E-state index contributed by atoms with van der Waals surface area (Å²) in [5.41, 5.74) is 0.946. The van der Waals surface area contributed by atoms with E-state index >= 15 is 0 Å². The van der Waals surface area contributed by atoms with Crippen LogP contribution >= 0.6 is 0 Å². The summed E-state index contributed by atoms with van der Waals surface area (Å²) in [6, 6.07) is 7.27. The third kappa shape index (κ3) is 4.45. The maximum atomic E-state index is 11.9. The monoisotopic (exact) mass is 300 g/mol. The molecule has 0 aliphatic carbocycles. The second-order valence-electron chi connectivity index (χ2n) is 5.60. The fraction of sp³-hybridized carbons (Fsp3) is 0.444. The standard InChI is InChI=1S/C18H24N2O2/c1-2-3-4-5-6-7-10-16(21)20-15-12-11-14-9-8-13-19-17(14)18(15)22/h8-9,11-13,22H,2-7,10H2,1H3,(H,20,21). The Hall–Kier alpha value is -2.10. The number of phenols is 1. The van der Waals surface area contributed by atoms with Crippen molar-refractivity contribution in [2.75, 3.05) is 5.32 Å². The number of amides is 1. The zero-order valence-electron chi connectivity index (χ0n) is 13.1. The zero-order chi connectivity index (χ0) is 15.8. The van der Waals surface area contributed by atoms with Crippen LogP contribution in [0.2, 0.25) is 0 Å². The van der Waals surface area contributed by atoms with E-state index in [1.807, 2.05) is 18.2 Å². The van der Waals surface area contributed by atoms with Crippen molar-refractivity contribution in [2.45, 2.75) is 51.9 Å². The van der Waals surface area contributed by atoms with Crippen molar-refractivity contribution in [3.63, 3.8) is 0 Å². The van der Waals surface area contributed by atoms with Gasteiger partial charge in [0.15, 0.2) is 5.75 Å². The predicted molar refractivity (Wildman–Crippen MR) is 90.0 cm³/mol. The van der Waals surface area contributed by atoms with Crippen LogP contribution in [-0.4, -0.2) is 16.0 Å². The average Bonchev–Trinajstić information content (AvgIpc) is 2.54. The third-order valence-electron chi connectivity index (χ3n) is 3.78. The minimum absolute atomic E-state index is 0.0365. The van der Waals surface area contributed by atoms with Crippen LogP contribution in [0.3, 0.4) is 0 Å². The average molecular weight is 300 g/mol. The molecule has 2 N–H and O–H groups in total. The molecule has 0 spiro atoms. The highest BCUT2D eigenvalue weighted by Crippen LogP contribution is 2.30. The van der Waals surface area contributed by atoms with Crippen molar-refractivity contribution in [3.8, 4) is 5.75 Å². The van der Waals surface area contributed by atoms with Crippen LogP contribution in [0.4, 0.5) is 5.69 Å². The van der Waals surface area contributed by atoms with Crippen LogP contribution < -0.4 is 5.32 Å². The first-order valence-corrected chi connectivity index (χ1v) is 8.09. The Balaban J connectivity index is 1.85. The SMILES string of the molecule is CCCCCCCCC(=O)Nc1ccc2cccnc2c1O. The number of carbonyl (C=O) groups is 1. The first-order chi connectivity index (χ1) is 10.7. The number of aromatic nitrogens is 1. The van der Waals surface area contributed by atoms with Gasteiger partial charge < -0.3 is 10.4 Å². The predicted octanol–water partition coefficient (Wildman–Crippen LogP) is 4.63. The number of aromatic hydroxyl groups is 1. The Morgan fingerprint density at radius 2 is 1.91 bits per heavy atom. The van der Waals surface area contributed by atoms with E-state index in [-0.39, 0.29) is 11.7 Å². The van der Waals surface area contributed by atoms with Crippen LogP contribution in [0.15, 0.2) is 30.5 Å². The molecule has 0 saturated carbocycles. The number of nitrogens with zero attached hydrogens (tertiary/aromatic N) is 1. The van der Waals surface area contributed by atoms with Gasteiger partial charge in [0.05, 0.1) is 5.69 Å². The molecule has 22 heavy (non-hydrogen) atoms. The molecule has 1 amide bonds. The maximum absolute atomic E-state index is 11.9. The van der Waals surface area contributed by atoms with Gasteiger partial charge >= 0.3 is 0 Å². The molecule has 2 rings (SSSR count). The van der Waals surface area contributed by atoms with Gasteiger partial charge in [0, 0.05) is 18.0 Å². The molecule has 0 radical (unpaired) electrons. The van der Waals surface area contributed by atoms with Crippen molar-refractivity contribution in [3.05, 3.63) is 30.5 Å². The van der Waals surface area contributed by atoms with Crippen molar-refractivity contribution < 1.29 is 9.90 Å². The second-order valence-corrected chi connectivity index (χ2v) is 5.60. The molecule has 0 saturated heterocycles. The molecular formula is C18H24N2O2. The highest BCUT2D eigenvalue weighted by molar-refractivity contribution is 5.97. The lowest BCUT2D eigenvalue weighted by Gasteiger charge is -2.09. The van der Waals surface area contributed by atoms with Crippen molar-refractivity contribution in [1.82, 2.24) is 4.98 Å². The van der Waals surface area contributed by atoms with Gasteiger partial charge in [-0.05, 0) is 18.6 Å². The summed E-state index contributed by atoms with van der Waals surface area (Å²) >= 11 is 0. The number of hydrogen-bond donors (Lipinski definition) is 2. The summed E-state index contributed by atoms with van der Waals surface area (Å²) in [7, 11) is 0. The van der Waals surface area contributed by atoms with Crippen LogP contribution in [-0.2, 0) is 4.79 Å². The lowest BCUT2D eigenvalue weighted by molar-refractivity contribution is -0.116. The van der Waals surface area contributed by atoms with Crippen LogP contribution in [0.5, 0.6) is 5.75 Å². The Morgan fingerprint density at radius 1 is 1.14 bits per heavy atom.